The lowest BCUT2D eigenvalue weighted by Gasteiger charge is -2.24. The summed E-state index contributed by atoms with van der Waals surface area (Å²) >= 11 is 0. The highest BCUT2D eigenvalue weighted by Crippen LogP contribution is 2.31. The van der Waals surface area contributed by atoms with Crippen LogP contribution in [0.1, 0.15) is 5.56 Å². The van der Waals surface area contributed by atoms with Crippen LogP contribution in [0, 0.1) is 11.6 Å². The molecule has 0 bridgehead atoms. The first kappa shape index (κ1) is 19.8. The van der Waals surface area contributed by atoms with Gasteiger partial charge >= 0.3 is 0 Å². The minimum Gasteiger partial charge on any atom is -0.306 e. The topological polar surface area (TPSA) is 58.2 Å². The third kappa shape index (κ3) is 4.48. The van der Waals surface area contributed by atoms with E-state index in [1.54, 1.807) is 12.1 Å². The first-order valence-electron chi connectivity index (χ1n) is 8.19. The van der Waals surface area contributed by atoms with Crippen molar-refractivity contribution in [1.82, 2.24) is 10.0 Å². The van der Waals surface area contributed by atoms with E-state index >= 15 is 0 Å². The molecule has 1 heterocycles. The molecule has 2 aromatic rings. The predicted octanol–water partition coefficient (Wildman–Crippen LogP) is 2.70. The number of benzene rings is 2. The van der Waals surface area contributed by atoms with Gasteiger partial charge in [-0.15, -0.1) is 0 Å². The molecule has 0 unspecified atom stereocenters. The van der Waals surface area contributed by atoms with E-state index in [1.165, 1.54) is 30.3 Å². The smallest absolute Gasteiger partial charge is 0.277 e. The van der Waals surface area contributed by atoms with Crippen molar-refractivity contribution in [1.29, 1.82) is 0 Å². The number of hydrogen-bond acceptors (Lipinski definition) is 3. The molecule has 0 amide bonds. The molecule has 0 radical (unpaired) electrons. The summed E-state index contributed by atoms with van der Waals surface area (Å²) in [6, 6.07) is 7.17. The van der Waals surface area contributed by atoms with Gasteiger partial charge in [-0.1, -0.05) is 30.3 Å². The second-order valence-electron chi connectivity index (χ2n) is 6.61. The molecule has 146 valence electrons. The Morgan fingerprint density at radius 1 is 1.19 bits per heavy atom. The molecule has 0 aliphatic carbocycles. The van der Waals surface area contributed by atoms with E-state index in [1.807, 2.05) is 4.72 Å². The molecule has 2 N–H and O–H groups in total. The third-order valence-electron chi connectivity index (χ3n) is 4.45. The second-order valence-corrected chi connectivity index (χ2v) is 8.39. The molecule has 1 saturated heterocycles. The lowest BCUT2D eigenvalue weighted by Crippen LogP contribution is -2.51. The van der Waals surface area contributed by atoms with Crippen molar-refractivity contribution in [2.24, 2.45) is 0 Å². The third-order valence-corrected chi connectivity index (χ3v) is 5.13. The summed E-state index contributed by atoms with van der Waals surface area (Å²) < 4.78 is 81.3. The summed E-state index contributed by atoms with van der Waals surface area (Å²) in [5.74, 6) is -4.48. The average molecular weight is 402 g/mol. The van der Waals surface area contributed by atoms with Gasteiger partial charge in [0.05, 0.1) is 12.8 Å². The van der Waals surface area contributed by atoms with Crippen LogP contribution < -0.4 is 10.0 Å². The fraction of sp³-hybridized carbons (Fsp3) is 0.333. The Morgan fingerprint density at radius 2 is 1.89 bits per heavy atom. The van der Waals surface area contributed by atoms with Crippen molar-refractivity contribution in [2.75, 3.05) is 12.8 Å². The summed E-state index contributed by atoms with van der Waals surface area (Å²) in [4.78, 5) is 0. The van der Waals surface area contributed by atoms with Gasteiger partial charge < -0.3 is 5.32 Å². The van der Waals surface area contributed by atoms with E-state index in [-0.39, 0.29) is 17.5 Å². The molecule has 27 heavy (non-hydrogen) atoms. The molecule has 1 aliphatic rings. The van der Waals surface area contributed by atoms with Crippen LogP contribution in [0.3, 0.4) is 0 Å². The van der Waals surface area contributed by atoms with Crippen LogP contribution in [0.5, 0.6) is 0 Å². The Labute approximate surface area is 154 Å². The second kappa shape index (κ2) is 7.21. The molecule has 3 rings (SSSR count). The summed E-state index contributed by atoms with van der Waals surface area (Å²) in [7, 11) is -3.88. The first-order valence-corrected chi connectivity index (χ1v) is 10.1. The number of alkyl halides is 2. The van der Waals surface area contributed by atoms with Crippen LogP contribution in [0.25, 0.3) is 11.1 Å². The number of nitrogens with one attached hydrogen (secondary N) is 2. The van der Waals surface area contributed by atoms with Crippen molar-refractivity contribution in [3.63, 3.8) is 0 Å². The molecular weight excluding hydrogens is 384 g/mol. The maximum Gasteiger partial charge on any atom is 0.277 e. The van der Waals surface area contributed by atoms with Gasteiger partial charge in [-0.2, -0.15) is 0 Å². The van der Waals surface area contributed by atoms with Gasteiger partial charge in [-0.25, -0.2) is 30.7 Å². The maximum absolute atomic E-state index is 14.9. The van der Waals surface area contributed by atoms with Crippen LogP contribution in [0.4, 0.5) is 17.6 Å². The minimum atomic E-state index is -3.88. The summed E-state index contributed by atoms with van der Waals surface area (Å²) in [5.41, 5.74) is 0.599. The number of sulfonamides is 1. The monoisotopic (exact) mass is 402 g/mol. The van der Waals surface area contributed by atoms with Crippen LogP contribution in [0.15, 0.2) is 42.5 Å². The van der Waals surface area contributed by atoms with Gasteiger partial charge in [0, 0.05) is 11.6 Å². The zero-order valence-electron chi connectivity index (χ0n) is 14.3. The number of hydrogen-bond donors (Lipinski definition) is 2. The number of halogens is 4. The quantitative estimate of drug-likeness (QED) is 0.757. The van der Waals surface area contributed by atoms with Gasteiger partial charge in [-0.05, 0) is 29.7 Å². The maximum atomic E-state index is 14.9. The van der Waals surface area contributed by atoms with Crippen molar-refractivity contribution >= 4 is 10.0 Å². The summed E-state index contributed by atoms with van der Waals surface area (Å²) in [5, 5.41) is 2.56. The molecule has 4 nitrogen and oxygen atoms in total. The van der Waals surface area contributed by atoms with E-state index in [4.69, 9.17) is 0 Å². The Kier molecular flexibility index (Phi) is 5.29. The summed E-state index contributed by atoms with van der Waals surface area (Å²) in [6.07, 6.45) is 0.640. The Hall–Kier alpha value is -1.97. The van der Waals surface area contributed by atoms with E-state index in [9.17, 15) is 26.0 Å². The van der Waals surface area contributed by atoms with E-state index in [0.29, 0.717) is 5.56 Å². The molecular formula is C18H18F4N2O2S. The lowest BCUT2D eigenvalue weighted by molar-refractivity contribution is -0.000840. The van der Waals surface area contributed by atoms with Crippen LogP contribution in [-0.2, 0) is 16.4 Å². The Balaban J connectivity index is 1.90. The molecule has 2 atom stereocenters. The highest BCUT2D eigenvalue weighted by atomic mass is 32.2. The molecule has 1 fully saturated rings. The van der Waals surface area contributed by atoms with Crippen LogP contribution >= 0.6 is 0 Å². The molecule has 1 aliphatic heterocycles. The normalized spacial score (nSPS) is 22.1. The summed E-state index contributed by atoms with van der Waals surface area (Å²) in [6.45, 7) is -0.712. The van der Waals surface area contributed by atoms with Crippen LogP contribution in [0.2, 0.25) is 0 Å². The van der Waals surface area contributed by atoms with Crippen molar-refractivity contribution in [3.8, 4) is 11.1 Å². The highest BCUT2D eigenvalue weighted by Gasteiger charge is 2.51. The van der Waals surface area contributed by atoms with Gasteiger partial charge in [-0.3, -0.25) is 0 Å². The fourth-order valence-corrected chi connectivity index (χ4v) is 4.03. The fourth-order valence-electron chi connectivity index (χ4n) is 3.23. The van der Waals surface area contributed by atoms with Gasteiger partial charge in [0.2, 0.25) is 10.0 Å². The molecule has 2 aromatic carbocycles. The first-order chi connectivity index (χ1) is 12.6. The molecule has 0 spiro atoms. The van der Waals surface area contributed by atoms with Crippen LogP contribution in [-0.4, -0.2) is 39.2 Å². The van der Waals surface area contributed by atoms with Crippen molar-refractivity contribution < 1.29 is 26.0 Å². The number of rotatable bonds is 5. The predicted molar refractivity (Wildman–Crippen MR) is 94.0 cm³/mol. The standard InChI is InChI=1S/C18H18F4N2O2S/c1-27(25,26)24-17-15(23-10-18(17,21)22)9-12-5-3-7-14(16(12)20)11-4-2-6-13(19)8-11/h2-8,15,17,23-24H,9-10H2,1H3/t15-,17+/m0/s1. The van der Waals surface area contributed by atoms with Gasteiger partial charge in [0.15, 0.2) is 0 Å². The zero-order valence-corrected chi connectivity index (χ0v) is 15.2. The minimum absolute atomic E-state index is 0.132. The molecule has 0 aromatic heterocycles. The van der Waals surface area contributed by atoms with Gasteiger partial charge in [0.25, 0.3) is 5.92 Å². The van der Waals surface area contributed by atoms with Gasteiger partial charge in [0.1, 0.15) is 17.7 Å². The van der Waals surface area contributed by atoms with Crippen molar-refractivity contribution in [2.45, 2.75) is 24.4 Å². The Morgan fingerprint density at radius 3 is 2.56 bits per heavy atom. The zero-order chi connectivity index (χ0) is 19.8. The highest BCUT2D eigenvalue weighted by molar-refractivity contribution is 7.88. The lowest BCUT2D eigenvalue weighted by atomic mass is 9.95. The SMILES string of the molecule is CS(=O)(=O)N[C@@H]1[C@H](Cc2cccc(-c3cccc(F)c3)c2F)NCC1(F)F. The Bertz CT molecular complexity index is 950. The average Bonchev–Trinajstić information content (AvgIpc) is 2.83. The molecule has 0 saturated carbocycles. The molecule has 9 heteroatoms. The van der Waals surface area contributed by atoms with E-state index in [2.05, 4.69) is 5.32 Å². The largest absolute Gasteiger partial charge is 0.306 e. The van der Waals surface area contributed by atoms with Crippen molar-refractivity contribution in [3.05, 3.63) is 59.7 Å². The van der Waals surface area contributed by atoms with E-state index in [0.717, 1.165) is 6.26 Å². The van der Waals surface area contributed by atoms with E-state index < -0.39 is 46.2 Å².